The lowest BCUT2D eigenvalue weighted by Crippen LogP contribution is -1.87. The molecular weight excluding hydrogens is 120 g/mol. The maximum absolute atomic E-state index is 3.64. The van der Waals surface area contributed by atoms with E-state index in [0.717, 1.165) is 0 Å². The summed E-state index contributed by atoms with van der Waals surface area (Å²) in [4.78, 5) is 0. The van der Waals surface area contributed by atoms with Crippen LogP contribution in [0.5, 0.6) is 0 Å². The van der Waals surface area contributed by atoms with E-state index in [0.29, 0.717) is 5.92 Å². The van der Waals surface area contributed by atoms with Crippen molar-refractivity contribution in [3.8, 4) is 0 Å². The lowest BCUT2D eigenvalue weighted by molar-refractivity contribution is 0.593. The third kappa shape index (κ3) is 10.9. The van der Waals surface area contributed by atoms with Gasteiger partial charge < -0.3 is 0 Å². The summed E-state index contributed by atoms with van der Waals surface area (Å²) in [6.07, 6.45) is 9.50. The molecule has 0 nitrogen and oxygen atoms in total. The van der Waals surface area contributed by atoms with Gasteiger partial charge in [-0.05, 0) is 12.3 Å². The van der Waals surface area contributed by atoms with Crippen molar-refractivity contribution >= 4 is 0 Å². The fourth-order valence-electron chi connectivity index (χ4n) is 0.898. The van der Waals surface area contributed by atoms with Crippen molar-refractivity contribution in [1.82, 2.24) is 0 Å². The van der Waals surface area contributed by atoms with Crippen LogP contribution in [0.4, 0.5) is 0 Å². The Balaban J connectivity index is 0.000000180. The molecule has 2 radical (unpaired) electrons. The average molecular weight is 140 g/mol. The van der Waals surface area contributed by atoms with E-state index in [2.05, 4.69) is 27.2 Å². The van der Waals surface area contributed by atoms with Gasteiger partial charge in [0.15, 0.2) is 0 Å². The Morgan fingerprint density at radius 2 is 1.50 bits per heavy atom. The molecule has 0 N–H and O–H groups in total. The van der Waals surface area contributed by atoms with Crippen molar-refractivity contribution in [3.63, 3.8) is 0 Å². The van der Waals surface area contributed by atoms with Crippen molar-refractivity contribution in [3.05, 3.63) is 13.3 Å². The highest BCUT2D eigenvalue weighted by Gasteiger charge is 1.95. The smallest absolute Gasteiger partial charge is 0.0386 e. The zero-order valence-electron chi connectivity index (χ0n) is 7.40. The molecule has 1 saturated carbocycles. The Labute approximate surface area is 66.0 Å². The average Bonchev–Trinajstić information content (AvgIpc) is 1.90. The third-order valence-electron chi connectivity index (χ3n) is 1.32. The van der Waals surface area contributed by atoms with Crippen LogP contribution in [-0.4, -0.2) is 0 Å². The highest BCUT2D eigenvalue weighted by Crippen LogP contribution is 2.14. The first-order valence-corrected chi connectivity index (χ1v) is 4.38. The van der Waals surface area contributed by atoms with Gasteiger partial charge in [-0.3, -0.25) is 0 Å². The molecule has 0 aromatic carbocycles. The van der Waals surface area contributed by atoms with Crippen LogP contribution >= 0.6 is 0 Å². The van der Waals surface area contributed by atoms with Crippen molar-refractivity contribution in [2.75, 3.05) is 0 Å². The van der Waals surface area contributed by atoms with Crippen LogP contribution in [0.25, 0.3) is 0 Å². The molecule has 1 rings (SSSR count). The predicted molar refractivity (Wildman–Crippen MR) is 47.6 cm³/mol. The van der Waals surface area contributed by atoms with Crippen molar-refractivity contribution in [2.45, 2.75) is 46.0 Å². The highest BCUT2D eigenvalue weighted by atomic mass is 14.0. The maximum atomic E-state index is 3.64. The Hall–Kier alpha value is 0. The van der Waals surface area contributed by atoms with E-state index < -0.39 is 0 Å². The summed E-state index contributed by atoms with van der Waals surface area (Å²) in [5.74, 6) is 0.583. The van der Waals surface area contributed by atoms with E-state index in [1.807, 2.05) is 0 Å². The first kappa shape index (κ1) is 10.0. The Kier molecular flexibility index (Phi) is 7.11. The maximum Gasteiger partial charge on any atom is -0.0386 e. The van der Waals surface area contributed by atoms with Crippen molar-refractivity contribution in [2.24, 2.45) is 5.92 Å². The molecule has 0 heteroatoms. The second kappa shape index (κ2) is 7.11. The van der Waals surface area contributed by atoms with Gasteiger partial charge in [0.1, 0.15) is 0 Å². The first-order chi connectivity index (χ1) is 4.73. The summed E-state index contributed by atoms with van der Waals surface area (Å²) in [6.45, 7) is 7.75. The lowest BCUT2D eigenvalue weighted by Gasteiger charge is -2.05. The quantitative estimate of drug-likeness (QED) is 0.482. The molecule has 0 aromatic heterocycles. The van der Waals surface area contributed by atoms with E-state index in [4.69, 9.17) is 0 Å². The molecule has 0 saturated heterocycles. The summed E-state index contributed by atoms with van der Waals surface area (Å²) in [7, 11) is 0. The van der Waals surface area contributed by atoms with Gasteiger partial charge in [-0.2, -0.15) is 0 Å². The molecule has 0 heterocycles. The highest BCUT2D eigenvalue weighted by molar-refractivity contribution is 4.69. The minimum Gasteiger partial charge on any atom is -0.0628 e. The molecule has 0 spiro atoms. The number of hydrogen-bond donors (Lipinski definition) is 0. The fourth-order valence-corrected chi connectivity index (χ4v) is 0.898. The summed E-state index contributed by atoms with van der Waals surface area (Å²) < 4.78 is 0. The summed E-state index contributed by atoms with van der Waals surface area (Å²) in [5.41, 5.74) is 0. The molecule has 0 bridgehead atoms. The van der Waals surface area contributed by atoms with Gasteiger partial charge in [-0.1, -0.05) is 52.9 Å². The Bertz CT molecular complexity index is 36.8. The van der Waals surface area contributed by atoms with Crippen molar-refractivity contribution < 1.29 is 0 Å². The molecule has 0 amide bonds. The molecule has 0 unspecified atom stereocenters. The topological polar surface area (TPSA) is 0 Å². The molecule has 10 heavy (non-hydrogen) atoms. The third-order valence-corrected chi connectivity index (χ3v) is 1.32. The van der Waals surface area contributed by atoms with E-state index in [1.165, 1.54) is 32.1 Å². The van der Waals surface area contributed by atoms with Gasteiger partial charge in [0.05, 0.1) is 0 Å². The minimum absolute atomic E-state index is 0.583. The van der Waals surface area contributed by atoms with Crippen LogP contribution < -0.4 is 0 Å². The molecule has 1 aliphatic rings. The Morgan fingerprint density at radius 3 is 1.60 bits per heavy atom. The molecule has 0 atom stereocenters. The molecular formula is C10H20. The van der Waals surface area contributed by atoms with Gasteiger partial charge in [0.25, 0.3) is 0 Å². The molecule has 0 aliphatic heterocycles. The zero-order chi connectivity index (χ0) is 7.82. The van der Waals surface area contributed by atoms with Gasteiger partial charge >= 0.3 is 0 Å². The van der Waals surface area contributed by atoms with Crippen molar-refractivity contribution in [1.29, 1.82) is 0 Å². The summed E-state index contributed by atoms with van der Waals surface area (Å²) in [6, 6.07) is 0. The first-order valence-electron chi connectivity index (χ1n) is 4.38. The standard InChI is InChI=1S/C6H11.C4H9/c1-2-4-6-5-3-1;1-4(2)3/h1H,2-6H2;4H,1H2,2-3H3. The largest absolute Gasteiger partial charge is 0.0628 e. The van der Waals surface area contributed by atoms with Crippen LogP contribution in [0.3, 0.4) is 0 Å². The summed E-state index contributed by atoms with van der Waals surface area (Å²) in [5, 5.41) is 0. The summed E-state index contributed by atoms with van der Waals surface area (Å²) >= 11 is 0. The van der Waals surface area contributed by atoms with Gasteiger partial charge in [-0.25, -0.2) is 0 Å². The van der Waals surface area contributed by atoms with Crippen LogP contribution in [-0.2, 0) is 0 Å². The van der Waals surface area contributed by atoms with E-state index in [-0.39, 0.29) is 0 Å². The van der Waals surface area contributed by atoms with Crippen LogP contribution in [0, 0.1) is 19.3 Å². The zero-order valence-corrected chi connectivity index (χ0v) is 7.40. The number of rotatable bonds is 0. The second-order valence-electron chi connectivity index (χ2n) is 3.32. The van der Waals surface area contributed by atoms with Gasteiger partial charge in [0, 0.05) is 0 Å². The predicted octanol–water partition coefficient (Wildman–Crippen LogP) is 3.63. The minimum atomic E-state index is 0.583. The molecule has 1 aliphatic carbocycles. The number of hydrogen-bond acceptors (Lipinski definition) is 0. The van der Waals surface area contributed by atoms with Crippen LogP contribution in [0.2, 0.25) is 0 Å². The normalized spacial score (nSPS) is 18.0. The lowest BCUT2D eigenvalue weighted by atomic mass is 10.0. The van der Waals surface area contributed by atoms with E-state index in [9.17, 15) is 0 Å². The SMILES string of the molecule is [CH2]C(C)C.[CH]1CCCCC1. The second-order valence-corrected chi connectivity index (χ2v) is 3.32. The molecule has 1 fully saturated rings. The Morgan fingerprint density at radius 1 is 1.10 bits per heavy atom. The van der Waals surface area contributed by atoms with Gasteiger partial charge in [-0.15, -0.1) is 0 Å². The van der Waals surface area contributed by atoms with Crippen LogP contribution in [0.1, 0.15) is 46.0 Å². The molecule has 60 valence electrons. The van der Waals surface area contributed by atoms with E-state index >= 15 is 0 Å². The molecule has 0 aromatic rings. The van der Waals surface area contributed by atoms with Gasteiger partial charge in [0.2, 0.25) is 0 Å². The fraction of sp³-hybridized carbons (Fsp3) is 0.800. The monoisotopic (exact) mass is 140 g/mol. The van der Waals surface area contributed by atoms with Crippen LogP contribution in [0.15, 0.2) is 0 Å². The van der Waals surface area contributed by atoms with E-state index in [1.54, 1.807) is 0 Å².